The summed E-state index contributed by atoms with van der Waals surface area (Å²) in [5, 5.41) is 12.2. The van der Waals surface area contributed by atoms with E-state index in [2.05, 4.69) is 34.6 Å². The molecule has 0 spiro atoms. The number of hydrogen-bond donors (Lipinski definition) is 1. The minimum absolute atomic E-state index is 0. The van der Waals surface area contributed by atoms with E-state index in [1.807, 2.05) is 0 Å². The minimum atomic E-state index is -0.277. The highest BCUT2D eigenvalue weighted by atomic mass is 35.5. The van der Waals surface area contributed by atoms with Gasteiger partial charge in [0.05, 0.1) is 12.6 Å². The van der Waals surface area contributed by atoms with Crippen molar-refractivity contribution in [1.29, 1.82) is 0 Å². The molecule has 1 aromatic heterocycles. The van der Waals surface area contributed by atoms with Gasteiger partial charge >= 0.3 is 0 Å². The number of halogens is 1. The number of aromatic nitrogens is 1. The molecule has 2 aromatic rings. The van der Waals surface area contributed by atoms with E-state index in [0.717, 1.165) is 26.2 Å². The van der Waals surface area contributed by atoms with E-state index in [0.29, 0.717) is 0 Å². The molecule has 1 unspecified atom stereocenters. The van der Waals surface area contributed by atoms with E-state index < -0.39 is 0 Å². The van der Waals surface area contributed by atoms with Crippen LogP contribution in [0.3, 0.4) is 0 Å². The molecule has 1 fully saturated rings. The van der Waals surface area contributed by atoms with E-state index in [4.69, 9.17) is 0 Å². The highest BCUT2D eigenvalue weighted by molar-refractivity contribution is 5.86. The van der Waals surface area contributed by atoms with Crippen LogP contribution in [0.5, 0.6) is 0 Å². The number of aliphatic hydroxyl groups is 1. The number of rotatable bonds is 4. The van der Waals surface area contributed by atoms with Crippen LogP contribution in [0.1, 0.15) is 55.3 Å². The van der Waals surface area contributed by atoms with Gasteiger partial charge in [0.15, 0.2) is 0 Å². The first-order valence-corrected chi connectivity index (χ1v) is 10.2. The Hall–Kier alpha value is -1.03. The van der Waals surface area contributed by atoms with Gasteiger partial charge in [-0.15, -0.1) is 12.4 Å². The van der Waals surface area contributed by atoms with Gasteiger partial charge in [-0.05, 0) is 76.2 Å². The van der Waals surface area contributed by atoms with Gasteiger partial charge in [0, 0.05) is 23.1 Å². The Labute approximate surface area is 163 Å². The summed E-state index contributed by atoms with van der Waals surface area (Å²) in [6.07, 6.45) is 9.94. The molecule has 1 aliphatic carbocycles. The molecule has 1 aliphatic heterocycles. The zero-order chi connectivity index (χ0) is 17.2. The molecule has 0 bridgehead atoms. The van der Waals surface area contributed by atoms with Crippen molar-refractivity contribution in [2.75, 3.05) is 19.6 Å². The topological polar surface area (TPSA) is 28.4 Å². The van der Waals surface area contributed by atoms with Crippen LogP contribution in [0, 0.1) is 6.92 Å². The van der Waals surface area contributed by atoms with Gasteiger partial charge in [-0.25, -0.2) is 0 Å². The average Bonchev–Trinajstić information content (AvgIpc) is 2.77. The number of fused-ring (bicyclic) bond motifs is 3. The second-order valence-corrected chi connectivity index (χ2v) is 8.13. The fraction of sp³-hybridized carbons (Fsp3) is 0.636. The molecule has 4 heteroatoms. The first-order valence-electron chi connectivity index (χ1n) is 10.2. The average molecular weight is 377 g/mol. The fourth-order valence-electron chi connectivity index (χ4n) is 4.84. The Morgan fingerprint density at radius 2 is 1.69 bits per heavy atom. The Morgan fingerprint density at radius 1 is 0.962 bits per heavy atom. The summed E-state index contributed by atoms with van der Waals surface area (Å²) >= 11 is 0. The molecule has 144 valence electrons. The highest BCUT2D eigenvalue weighted by Gasteiger charge is 2.22. The van der Waals surface area contributed by atoms with Crippen LogP contribution in [0.2, 0.25) is 0 Å². The van der Waals surface area contributed by atoms with E-state index in [9.17, 15) is 5.11 Å². The Kier molecular flexibility index (Phi) is 6.65. The third-order valence-electron chi connectivity index (χ3n) is 6.09. The Balaban J connectivity index is 0.00000196. The van der Waals surface area contributed by atoms with Gasteiger partial charge in [-0.1, -0.05) is 24.5 Å². The predicted molar refractivity (Wildman–Crippen MR) is 111 cm³/mol. The predicted octanol–water partition coefficient (Wildman–Crippen LogP) is 4.49. The Bertz CT molecular complexity index is 731. The van der Waals surface area contributed by atoms with Crippen molar-refractivity contribution in [2.45, 2.75) is 70.9 Å². The van der Waals surface area contributed by atoms with Crippen molar-refractivity contribution >= 4 is 23.3 Å². The van der Waals surface area contributed by atoms with Crippen LogP contribution in [0.15, 0.2) is 18.2 Å². The summed E-state index contributed by atoms with van der Waals surface area (Å²) in [6.45, 7) is 6.05. The van der Waals surface area contributed by atoms with Crippen LogP contribution < -0.4 is 0 Å². The maximum absolute atomic E-state index is 10.8. The van der Waals surface area contributed by atoms with Crippen molar-refractivity contribution in [1.82, 2.24) is 9.47 Å². The van der Waals surface area contributed by atoms with Gasteiger partial charge < -0.3 is 14.6 Å². The lowest BCUT2D eigenvalue weighted by Gasteiger charge is -2.25. The summed E-state index contributed by atoms with van der Waals surface area (Å²) in [5.74, 6) is 0. The van der Waals surface area contributed by atoms with Gasteiger partial charge in [-0.3, -0.25) is 0 Å². The molecule has 4 rings (SSSR count). The van der Waals surface area contributed by atoms with Crippen LogP contribution in [-0.2, 0) is 19.4 Å². The number of aliphatic hydroxyl groups excluding tert-OH is 1. The van der Waals surface area contributed by atoms with Crippen molar-refractivity contribution in [2.24, 2.45) is 0 Å². The zero-order valence-corrected chi connectivity index (χ0v) is 16.9. The normalized spacial score (nSPS) is 19.6. The van der Waals surface area contributed by atoms with Crippen LogP contribution in [0.25, 0.3) is 10.9 Å². The van der Waals surface area contributed by atoms with Crippen molar-refractivity contribution < 1.29 is 5.11 Å². The first-order chi connectivity index (χ1) is 12.2. The van der Waals surface area contributed by atoms with E-state index in [-0.39, 0.29) is 18.5 Å². The van der Waals surface area contributed by atoms with Crippen LogP contribution in [-0.4, -0.2) is 40.3 Å². The van der Waals surface area contributed by atoms with E-state index in [1.54, 1.807) is 5.56 Å². The summed E-state index contributed by atoms with van der Waals surface area (Å²) in [7, 11) is 0. The molecular formula is C22H33ClN2O. The zero-order valence-electron chi connectivity index (χ0n) is 16.0. The summed E-state index contributed by atoms with van der Waals surface area (Å²) in [5.41, 5.74) is 5.70. The molecule has 26 heavy (non-hydrogen) atoms. The smallest absolute Gasteiger partial charge is 0.0845 e. The quantitative estimate of drug-likeness (QED) is 0.851. The molecule has 1 N–H and O–H groups in total. The lowest BCUT2D eigenvalue weighted by molar-refractivity contribution is 0.0999. The third kappa shape index (κ3) is 4.11. The highest BCUT2D eigenvalue weighted by Crippen LogP contribution is 2.33. The molecule has 1 aromatic carbocycles. The molecule has 2 heterocycles. The number of likely N-dealkylation sites (tertiary alicyclic amines) is 1. The standard InChI is InChI=1S/C22H32N2O.ClH/c1-17-10-11-22-20(14-17)19-8-4-5-9-21(19)24(22)16-18(25)15-23-12-6-2-3-7-13-23;/h10-11,14,18,25H,2-9,12-13,15-16H2,1H3;1H. The maximum atomic E-state index is 10.8. The Morgan fingerprint density at radius 3 is 2.46 bits per heavy atom. The van der Waals surface area contributed by atoms with Gasteiger partial charge in [0.25, 0.3) is 0 Å². The number of hydrogen-bond acceptors (Lipinski definition) is 2. The van der Waals surface area contributed by atoms with Crippen molar-refractivity contribution in [3.05, 3.63) is 35.0 Å². The minimum Gasteiger partial charge on any atom is -0.390 e. The molecular weight excluding hydrogens is 344 g/mol. The molecule has 2 aliphatic rings. The molecule has 3 nitrogen and oxygen atoms in total. The summed E-state index contributed by atoms with van der Waals surface area (Å²) < 4.78 is 2.44. The lowest BCUT2D eigenvalue weighted by atomic mass is 9.95. The number of β-amino-alcohol motifs (C(OH)–C–C–N with tert-alkyl or cyclic N) is 1. The lowest BCUT2D eigenvalue weighted by Crippen LogP contribution is -2.35. The van der Waals surface area contributed by atoms with Crippen molar-refractivity contribution in [3.8, 4) is 0 Å². The summed E-state index contributed by atoms with van der Waals surface area (Å²) in [4.78, 5) is 2.47. The molecule has 1 saturated heterocycles. The first kappa shape index (κ1) is 19.7. The number of nitrogens with zero attached hydrogens (tertiary/aromatic N) is 2. The SMILES string of the molecule is Cc1ccc2c(c1)c1c(n2CC(O)CN2CCCCCC2)CCCC1.Cl. The molecule has 0 saturated carbocycles. The fourth-order valence-corrected chi connectivity index (χ4v) is 4.84. The van der Waals surface area contributed by atoms with Gasteiger partial charge in [0.1, 0.15) is 0 Å². The van der Waals surface area contributed by atoms with Crippen LogP contribution in [0.4, 0.5) is 0 Å². The largest absolute Gasteiger partial charge is 0.390 e. The van der Waals surface area contributed by atoms with E-state index >= 15 is 0 Å². The molecule has 0 amide bonds. The number of aryl methyl sites for hydroxylation is 2. The van der Waals surface area contributed by atoms with Crippen molar-refractivity contribution in [3.63, 3.8) is 0 Å². The monoisotopic (exact) mass is 376 g/mol. The number of benzene rings is 1. The maximum Gasteiger partial charge on any atom is 0.0845 e. The second-order valence-electron chi connectivity index (χ2n) is 8.13. The second kappa shape index (κ2) is 8.77. The van der Waals surface area contributed by atoms with Gasteiger partial charge in [0.2, 0.25) is 0 Å². The molecule has 0 radical (unpaired) electrons. The van der Waals surface area contributed by atoms with Gasteiger partial charge in [-0.2, -0.15) is 0 Å². The molecule has 1 atom stereocenters. The van der Waals surface area contributed by atoms with Crippen LogP contribution >= 0.6 is 12.4 Å². The van der Waals surface area contributed by atoms with E-state index in [1.165, 1.54) is 73.5 Å². The summed E-state index contributed by atoms with van der Waals surface area (Å²) in [6, 6.07) is 6.82. The third-order valence-corrected chi connectivity index (χ3v) is 6.09.